The van der Waals surface area contributed by atoms with Crippen molar-refractivity contribution in [3.63, 3.8) is 0 Å². The second kappa shape index (κ2) is 39.2. The topological polar surface area (TPSA) is 78.9 Å². The Hall–Kier alpha value is -0.540. The Morgan fingerprint density at radius 3 is 0.979 bits per heavy atom. The number of thioether (sulfide) groups is 3. The second-order valence-corrected chi connectivity index (χ2v) is 16.4. The van der Waals surface area contributed by atoms with Crippen LogP contribution >= 0.6 is 35.3 Å². The van der Waals surface area contributed by atoms with Gasteiger partial charge in [-0.2, -0.15) is 35.3 Å². The van der Waals surface area contributed by atoms with Crippen LogP contribution in [0.25, 0.3) is 0 Å². The van der Waals surface area contributed by atoms with Crippen molar-refractivity contribution in [2.24, 2.45) is 0 Å². The van der Waals surface area contributed by atoms with Crippen LogP contribution < -0.4 is 0 Å². The molecule has 0 aromatic heterocycles. The third-order valence-electron chi connectivity index (χ3n) is 8.24. The highest BCUT2D eigenvalue weighted by Crippen LogP contribution is 2.15. The van der Waals surface area contributed by atoms with Crippen LogP contribution in [0, 0.1) is 0 Å². The molecule has 0 rings (SSSR count). The Morgan fingerprint density at radius 2 is 0.667 bits per heavy atom. The zero-order chi connectivity index (χ0) is 35.2. The molecule has 0 saturated heterocycles. The van der Waals surface area contributed by atoms with Crippen LogP contribution in [-0.2, 0) is 28.6 Å². The Kier molecular flexibility index (Phi) is 38.8. The van der Waals surface area contributed by atoms with Crippen LogP contribution in [0.1, 0.15) is 175 Å². The Bertz CT molecular complexity index is 684. The van der Waals surface area contributed by atoms with Crippen LogP contribution in [0.15, 0.2) is 0 Å². The molecule has 0 aromatic carbocycles. The van der Waals surface area contributed by atoms with Gasteiger partial charge >= 0.3 is 17.9 Å². The molecule has 0 aliphatic heterocycles. The predicted molar refractivity (Wildman–Crippen MR) is 212 cm³/mol. The summed E-state index contributed by atoms with van der Waals surface area (Å²) in [4.78, 5) is 37.4. The summed E-state index contributed by atoms with van der Waals surface area (Å²) in [6.07, 6.45) is 29.6. The molecule has 6 nitrogen and oxygen atoms in total. The summed E-state index contributed by atoms with van der Waals surface area (Å²) in [5.74, 6) is 2.60. The van der Waals surface area contributed by atoms with Gasteiger partial charge in [-0.25, -0.2) is 0 Å². The molecule has 0 amide bonds. The molecule has 284 valence electrons. The van der Waals surface area contributed by atoms with Gasteiger partial charge in [0.1, 0.15) is 13.2 Å². The molecule has 0 aliphatic carbocycles. The highest BCUT2D eigenvalue weighted by atomic mass is 32.2. The van der Waals surface area contributed by atoms with Crippen molar-refractivity contribution in [3.8, 4) is 0 Å². The number of ether oxygens (including phenoxy) is 3. The molecule has 0 unspecified atom stereocenters. The molecular formula is C39H74O6S3. The van der Waals surface area contributed by atoms with E-state index in [-0.39, 0.29) is 48.4 Å². The minimum atomic E-state index is -0.787. The predicted octanol–water partition coefficient (Wildman–Crippen LogP) is 11.6. The second-order valence-electron chi connectivity index (χ2n) is 13.1. The van der Waals surface area contributed by atoms with Crippen LogP contribution in [0.3, 0.4) is 0 Å². The molecule has 0 spiro atoms. The van der Waals surface area contributed by atoms with Gasteiger partial charge < -0.3 is 14.2 Å². The first kappa shape index (κ1) is 47.5. The lowest BCUT2D eigenvalue weighted by Crippen LogP contribution is -2.32. The third kappa shape index (κ3) is 36.7. The molecule has 0 aliphatic rings. The molecule has 0 saturated carbocycles. The summed E-state index contributed by atoms with van der Waals surface area (Å²) in [7, 11) is 0. The number of hydrogen-bond donors (Lipinski definition) is 0. The van der Waals surface area contributed by atoms with Gasteiger partial charge in [-0.3, -0.25) is 14.4 Å². The largest absolute Gasteiger partial charge is 0.461 e. The summed E-state index contributed by atoms with van der Waals surface area (Å²) < 4.78 is 16.5. The lowest BCUT2D eigenvalue weighted by molar-refractivity contribution is -0.163. The molecule has 9 heteroatoms. The van der Waals surface area contributed by atoms with Gasteiger partial charge in [0.25, 0.3) is 0 Å². The lowest BCUT2D eigenvalue weighted by Gasteiger charge is -2.18. The van der Waals surface area contributed by atoms with E-state index in [0.717, 1.165) is 36.5 Å². The van der Waals surface area contributed by atoms with Crippen molar-refractivity contribution >= 4 is 53.2 Å². The maximum absolute atomic E-state index is 12.6. The van der Waals surface area contributed by atoms with Gasteiger partial charge in [0.05, 0.1) is 17.3 Å². The summed E-state index contributed by atoms with van der Waals surface area (Å²) in [5, 5.41) is 0. The van der Waals surface area contributed by atoms with Gasteiger partial charge in [-0.1, -0.05) is 156 Å². The fourth-order valence-electron chi connectivity index (χ4n) is 5.27. The first-order valence-electron chi connectivity index (χ1n) is 19.8. The van der Waals surface area contributed by atoms with Crippen LogP contribution in [0.2, 0.25) is 0 Å². The van der Waals surface area contributed by atoms with Crippen LogP contribution in [0.4, 0.5) is 0 Å². The maximum Gasteiger partial charge on any atom is 0.316 e. The van der Waals surface area contributed by atoms with E-state index >= 15 is 0 Å². The van der Waals surface area contributed by atoms with Crippen molar-refractivity contribution in [2.75, 3.05) is 47.7 Å². The Morgan fingerprint density at radius 1 is 0.396 bits per heavy atom. The zero-order valence-corrected chi connectivity index (χ0v) is 33.8. The van der Waals surface area contributed by atoms with E-state index in [4.69, 9.17) is 14.2 Å². The monoisotopic (exact) mass is 734 g/mol. The standard InChI is InChI=1S/C39H74O6S3/c1-4-7-10-13-16-19-22-25-28-46-33-37(40)43-31-36(45-39(42)35-48-30-27-24-21-18-15-12-9-6-3)32-44-38(41)34-47-29-26-23-20-17-14-11-8-5-2/h36H,4-35H2,1-3H3. The van der Waals surface area contributed by atoms with E-state index < -0.39 is 6.10 Å². The van der Waals surface area contributed by atoms with Gasteiger partial charge in [0, 0.05) is 0 Å². The van der Waals surface area contributed by atoms with E-state index in [1.165, 1.54) is 135 Å². The van der Waals surface area contributed by atoms with Crippen LogP contribution in [-0.4, -0.2) is 71.7 Å². The zero-order valence-electron chi connectivity index (χ0n) is 31.4. The molecule has 0 fully saturated rings. The number of rotatable bonds is 38. The van der Waals surface area contributed by atoms with E-state index in [2.05, 4.69) is 20.8 Å². The van der Waals surface area contributed by atoms with Gasteiger partial charge in [-0.05, 0) is 36.5 Å². The van der Waals surface area contributed by atoms with Crippen molar-refractivity contribution in [1.82, 2.24) is 0 Å². The SMILES string of the molecule is CCCCCCCCCCSCC(=O)OCC(COC(=O)CSCCCCCCCCCC)OC(=O)CSCCCCCCCCCC. The van der Waals surface area contributed by atoms with Crippen molar-refractivity contribution in [2.45, 2.75) is 181 Å². The average Bonchev–Trinajstić information content (AvgIpc) is 3.08. The molecule has 0 atom stereocenters. The van der Waals surface area contributed by atoms with E-state index in [1.807, 2.05) is 0 Å². The minimum Gasteiger partial charge on any atom is -0.461 e. The molecule has 0 N–H and O–H groups in total. The van der Waals surface area contributed by atoms with E-state index in [0.29, 0.717) is 0 Å². The minimum absolute atomic E-state index is 0.0930. The number of esters is 3. The van der Waals surface area contributed by atoms with Crippen LogP contribution in [0.5, 0.6) is 0 Å². The summed E-state index contributed by atoms with van der Waals surface area (Å²) >= 11 is 4.75. The Balaban J connectivity index is 4.33. The molecular weight excluding hydrogens is 661 g/mol. The molecule has 0 radical (unpaired) electrons. The normalized spacial score (nSPS) is 11.2. The molecule has 0 heterocycles. The summed E-state index contributed by atoms with van der Waals surface area (Å²) in [6, 6.07) is 0. The molecule has 0 bridgehead atoms. The number of carbonyl (C=O) groups is 3. The first-order chi connectivity index (χ1) is 23.5. The maximum atomic E-state index is 12.6. The molecule has 0 aromatic rings. The van der Waals surface area contributed by atoms with E-state index in [9.17, 15) is 14.4 Å². The first-order valence-corrected chi connectivity index (χ1v) is 23.2. The fourth-order valence-corrected chi connectivity index (χ4v) is 7.66. The number of carbonyl (C=O) groups excluding carboxylic acids is 3. The van der Waals surface area contributed by atoms with Gasteiger partial charge in [-0.15, -0.1) is 0 Å². The summed E-state index contributed by atoms with van der Waals surface area (Å²) in [5.41, 5.74) is 0. The number of unbranched alkanes of at least 4 members (excludes halogenated alkanes) is 21. The quantitative estimate of drug-likeness (QED) is 0.0350. The Labute approximate surface area is 309 Å². The number of hydrogen-bond acceptors (Lipinski definition) is 9. The smallest absolute Gasteiger partial charge is 0.316 e. The fraction of sp³-hybridized carbons (Fsp3) is 0.923. The molecule has 48 heavy (non-hydrogen) atoms. The van der Waals surface area contributed by atoms with Crippen molar-refractivity contribution < 1.29 is 28.6 Å². The average molecular weight is 735 g/mol. The van der Waals surface area contributed by atoms with E-state index in [1.54, 1.807) is 35.3 Å². The van der Waals surface area contributed by atoms with Gasteiger partial charge in [0.15, 0.2) is 6.10 Å². The van der Waals surface area contributed by atoms with Gasteiger partial charge in [0.2, 0.25) is 0 Å². The highest BCUT2D eigenvalue weighted by Gasteiger charge is 2.20. The van der Waals surface area contributed by atoms with Crippen molar-refractivity contribution in [3.05, 3.63) is 0 Å². The summed E-state index contributed by atoms with van der Waals surface area (Å²) in [6.45, 7) is 6.53. The third-order valence-corrected chi connectivity index (χ3v) is 11.3. The lowest BCUT2D eigenvalue weighted by atomic mass is 10.1. The van der Waals surface area contributed by atoms with Crippen molar-refractivity contribution in [1.29, 1.82) is 0 Å². The highest BCUT2D eigenvalue weighted by molar-refractivity contribution is 8.00.